The van der Waals surface area contributed by atoms with E-state index in [2.05, 4.69) is 25.8 Å². The lowest BCUT2D eigenvalue weighted by Gasteiger charge is -2.31. The molecule has 0 aliphatic rings. The number of benzene rings is 1. The molecule has 0 aliphatic heterocycles. The number of nitrogens with one attached hydrogen (secondary N) is 1. The molecular weight excluding hydrogens is 431 g/mol. The number of carbonyl (C=O) groups is 1. The van der Waals surface area contributed by atoms with E-state index < -0.39 is 30.2 Å². The van der Waals surface area contributed by atoms with Gasteiger partial charge in [-0.1, -0.05) is 34.1 Å². The molecule has 2 atom stereocenters. The molecule has 1 aromatic carbocycles. The van der Waals surface area contributed by atoms with Gasteiger partial charge in [-0.15, -0.1) is 0 Å². The van der Waals surface area contributed by atoms with E-state index in [0.29, 0.717) is 10.0 Å². The monoisotopic (exact) mass is 452 g/mol. The third-order valence-corrected chi connectivity index (χ3v) is 6.13. The molecule has 0 saturated heterocycles. The SMILES string of the molecule is CCOP(=O)(N[C@@H](c1ccccc1Br)[C@@](C)(C(=O)OC)[N+](=O)[O-])OCC. The molecular formula is C15H22BrN2O7P. The van der Waals surface area contributed by atoms with Crippen molar-refractivity contribution in [2.75, 3.05) is 20.3 Å². The maximum absolute atomic E-state index is 12.9. The van der Waals surface area contributed by atoms with Crippen molar-refractivity contribution in [3.05, 3.63) is 44.4 Å². The molecule has 0 bridgehead atoms. The molecule has 0 spiro atoms. The summed E-state index contributed by atoms with van der Waals surface area (Å²) in [6.45, 7) is 4.39. The molecule has 11 heteroatoms. The molecule has 0 radical (unpaired) electrons. The lowest BCUT2D eigenvalue weighted by atomic mass is 9.88. The lowest BCUT2D eigenvalue weighted by molar-refractivity contribution is -0.556. The summed E-state index contributed by atoms with van der Waals surface area (Å²) in [5.74, 6) is -1.10. The second-order valence-electron chi connectivity index (χ2n) is 5.31. The van der Waals surface area contributed by atoms with Crippen molar-refractivity contribution >= 4 is 29.6 Å². The highest BCUT2D eigenvalue weighted by Gasteiger charge is 2.57. The van der Waals surface area contributed by atoms with Gasteiger partial charge in [0.05, 0.1) is 20.3 Å². The zero-order chi connectivity index (χ0) is 20.0. The molecule has 1 N–H and O–H groups in total. The number of hydrogen-bond donors (Lipinski definition) is 1. The van der Waals surface area contributed by atoms with Crippen LogP contribution < -0.4 is 5.09 Å². The molecule has 0 heterocycles. The van der Waals surface area contributed by atoms with Gasteiger partial charge in [0.25, 0.3) is 0 Å². The van der Waals surface area contributed by atoms with Crippen LogP contribution in [0.1, 0.15) is 32.4 Å². The molecule has 0 amide bonds. The summed E-state index contributed by atoms with van der Waals surface area (Å²) in [5.41, 5.74) is -1.96. The van der Waals surface area contributed by atoms with Crippen LogP contribution in [-0.4, -0.2) is 36.8 Å². The number of ether oxygens (including phenoxy) is 1. The fraction of sp³-hybridized carbons (Fsp3) is 0.533. The largest absolute Gasteiger partial charge is 0.464 e. The normalized spacial score (nSPS) is 15.1. The number of nitrogens with zero attached hydrogens (tertiary/aromatic N) is 1. The molecule has 0 aliphatic carbocycles. The summed E-state index contributed by atoms with van der Waals surface area (Å²) >= 11 is 3.31. The zero-order valence-electron chi connectivity index (χ0n) is 14.9. The van der Waals surface area contributed by atoms with E-state index in [0.717, 1.165) is 14.0 Å². The lowest BCUT2D eigenvalue weighted by Crippen LogP contribution is -2.53. The highest BCUT2D eigenvalue weighted by atomic mass is 79.9. The molecule has 0 fully saturated rings. The van der Waals surface area contributed by atoms with Gasteiger partial charge in [-0.25, -0.2) is 14.4 Å². The van der Waals surface area contributed by atoms with Crippen LogP contribution in [0.4, 0.5) is 0 Å². The highest BCUT2D eigenvalue weighted by Crippen LogP contribution is 2.49. The highest BCUT2D eigenvalue weighted by molar-refractivity contribution is 9.10. The summed E-state index contributed by atoms with van der Waals surface area (Å²) in [5, 5.41) is 14.4. The Morgan fingerprint density at radius 1 is 1.35 bits per heavy atom. The Hall–Kier alpha value is -1.32. The van der Waals surface area contributed by atoms with Crippen molar-refractivity contribution in [3.8, 4) is 0 Å². The summed E-state index contributed by atoms with van der Waals surface area (Å²) in [6, 6.07) is 5.20. The van der Waals surface area contributed by atoms with Gasteiger partial charge in [0.1, 0.15) is 6.04 Å². The third kappa shape index (κ3) is 4.89. The standard InChI is InChI=1S/C15H22BrN2O7P/c1-5-24-26(22,25-6-2)17-13(11-9-7-8-10-12(11)16)15(3,18(20)21)14(19)23-4/h7-10,13H,5-6H2,1-4H3,(H,17,22)/t13-,15-/m0/s1. The number of nitro groups is 1. The molecule has 0 aromatic heterocycles. The smallest absolute Gasteiger partial charge is 0.406 e. The van der Waals surface area contributed by atoms with Crippen molar-refractivity contribution in [2.24, 2.45) is 0 Å². The van der Waals surface area contributed by atoms with Crippen LogP contribution in [0.25, 0.3) is 0 Å². The fourth-order valence-corrected chi connectivity index (χ4v) is 4.45. The van der Waals surface area contributed by atoms with Gasteiger partial charge in [-0.2, -0.15) is 0 Å². The van der Waals surface area contributed by atoms with Crippen molar-refractivity contribution in [1.82, 2.24) is 5.09 Å². The maximum Gasteiger partial charge on any atom is 0.406 e. The summed E-state index contributed by atoms with van der Waals surface area (Å²) in [6.07, 6.45) is 0. The number of rotatable bonds is 10. The van der Waals surface area contributed by atoms with Crippen LogP contribution in [0.15, 0.2) is 28.7 Å². The van der Waals surface area contributed by atoms with Crippen LogP contribution in [0.2, 0.25) is 0 Å². The van der Waals surface area contributed by atoms with Crippen LogP contribution >= 0.6 is 23.7 Å². The van der Waals surface area contributed by atoms with Gasteiger partial charge in [0.15, 0.2) is 0 Å². The number of methoxy groups -OCH3 is 1. The van der Waals surface area contributed by atoms with Gasteiger partial charge in [0, 0.05) is 16.3 Å². The predicted molar refractivity (Wildman–Crippen MR) is 98.3 cm³/mol. The molecule has 9 nitrogen and oxygen atoms in total. The van der Waals surface area contributed by atoms with E-state index in [1.807, 2.05) is 0 Å². The van der Waals surface area contributed by atoms with Gasteiger partial charge >= 0.3 is 19.3 Å². The van der Waals surface area contributed by atoms with Gasteiger partial charge in [-0.05, 0) is 25.5 Å². The Bertz CT molecular complexity index is 692. The first-order valence-electron chi connectivity index (χ1n) is 7.80. The fourth-order valence-electron chi connectivity index (χ4n) is 2.32. The van der Waals surface area contributed by atoms with E-state index in [4.69, 9.17) is 9.05 Å². The molecule has 0 saturated carbocycles. The second kappa shape index (κ2) is 9.57. The first-order chi connectivity index (χ1) is 12.2. The third-order valence-electron chi connectivity index (χ3n) is 3.64. The Labute approximate surface area is 160 Å². The first-order valence-corrected chi connectivity index (χ1v) is 10.1. The maximum atomic E-state index is 12.9. The van der Waals surface area contributed by atoms with Crippen molar-refractivity contribution in [1.29, 1.82) is 0 Å². The summed E-state index contributed by atoms with van der Waals surface area (Å²) < 4.78 is 28.4. The minimum absolute atomic E-state index is 0.0420. The molecule has 1 rings (SSSR count). The molecule has 0 unspecified atom stereocenters. The van der Waals surface area contributed by atoms with E-state index in [9.17, 15) is 19.5 Å². The van der Waals surface area contributed by atoms with Crippen LogP contribution in [0.3, 0.4) is 0 Å². The Morgan fingerprint density at radius 2 is 1.88 bits per heavy atom. The Morgan fingerprint density at radius 3 is 2.31 bits per heavy atom. The van der Waals surface area contributed by atoms with Crippen molar-refractivity contribution in [3.63, 3.8) is 0 Å². The van der Waals surface area contributed by atoms with E-state index in [1.54, 1.807) is 38.1 Å². The van der Waals surface area contributed by atoms with Crippen LogP contribution in [0, 0.1) is 10.1 Å². The first kappa shape index (κ1) is 22.7. The number of hydrogen-bond acceptors (Lipinski definition) is 7. The average molecular weight is 453 g/mol. The average Bonchev–Trinajstić information content (AvgIpc) is 2.59. The van der Waals surface area contributed by atoms with Crippen molar-refractivity contribution in [2.45, 2.75) is 32.4 Å². The molecule has 146 valence electrons. The van der Waals surface area contributed by atoms with Crippen LogP contribution in [-0.2, 0) is 23.1 Å². The van der Waals surface area contributed by atoms with Crippen molar-refractivity contribution < 1.29 is 28.1 Å². The topological polar surface area (TPSA) is 117 Å². The predicted octanol–water partition coefficient (Wildman–Crippen LogP) is 3.47. The number of carbonyl (C=O) groups excluding carboxylic acids is 1. The molecule has 1 aromatic rings. The van der Waals surface area contributed by atoms with Gasteiger partial charge in [-0.3, -0.25) is 19.2 Å². The zero-order valence-corrected chi connectivity index (χ0v) is 17.4. The van der Waals surface area contributed by atoms with Gasteiger partial charge in [0.2, 0.25) is 0 Å². The van der Waals surface area contributed by atoms with Crippen LogP contribution in [0.5, 0.6) is 0 Å². The number of esters is 1. The minimum Gasteiger partial charge on any atom is -0.464 e. The Kier molecular flexibility index (Phi) is 8.36. The summed E-state index contributed by atoms with van der Waals surface area (Å²) in [7, 11) is -2.88. The van der Waals surface area contributed by atoms with E-state index in [1.165, 1.54) is 0 Å². The molecule has 26 heavy (non-hydrogen) atoms. The van der Waals surface area contributed by atoms with E-state index in [-0.39, 0.29) is 13.2 Å². The second-order valence-corrected chi connectivity index (χ2v) is 7.94. The number of halogens is 1. The summed E-state index contributed by atoms with van der Waals surface area (Å²) in [4.78, 5) is 23.4. The Balaban J connectivity index is 3.58. The van der Waals surface area contributed by atoms with E-state index >= 15 is 0 Å². The quantitative estimate of drug-likeness (QED) is 0.248. The minimum atomic E-state index is -3.93. The van der Waals surface area contributed by atoms with Gasteiger partial charge < -0.3 is 4.74 Å².